The van der Waals surface area contributed by atoms with Crippen LogP contribution in [0.5, 0.6) is 0 Å². The largest absolute Gasteiger partial charge is 0.381 e. The van der Waals surface area contributed by atoms with Crippen LogP contribution in [0.25, 0.3) is 11.1 Å². The highest BCUT2D eigenvalue weighted by molar-refractivity contribution is 5.94. The Morgan fingerprint density at radius 1 is 1.03 bits per heavy atom. The molecule has 9 nitrogen and oxygen atoms in total. The van der Waals surface area contributed by atoms with Crippen LogP contribution in [-0.2, 0) is 21.4 Å². The van der Waals surface area contributed by atoms with Gasteiger partial charge in [0.2, 0.25) is 5.91 Å². The summed E-state index contributed by atoms with van der Waals surface area (Å²) in [7, 11) is 0. The molecule has 198 valence electrons. The Labute approximate surface area is 221 Å². The van der Waals surface area contributed by atoms with Crippen LogP contribution in [0, 0.1) is 17.8 Å². The number of hydrogen-bond donors (Lipinski definition) is 2. The Kier molecular flexibility index (Phi) is 6.26. The Hall–Kier alpha value is -3.59. The minimum atomic E-state index is -0.351. The Morgan fingerprint density at radius 2 is 1.82 bits per heavy atom. The number of hydrogen-bond acceptors (Lipinski definition) is 7. The summed E-state index contributed by atoms with van der Waals surface area (Å²) < 4.78 is 10.7. The lowest BCUT2D eigenvalue weighted by Gasteiger charge is -2.19. The second-order valence-electron chi connectivity index (χ2n) is 11.7. The molecule has 3 heterocycles. The van der Waals surface area contributed by atoms with Crippen molar-refractivity contribution in [3.05, 3.63) is 59.4 Å². The number of anilines is 1. The van der Waals surface area contributed by atoms with Gasteiger partial charge >= 0.3 is 11.8 Å². The van der Waals surface area contributed by atoms with E-state index in [9.17, 15) is 9.59 Å². The van der Waals surface area contributed by atoms with Crippen molar-refractivity contribution >= 4 is 17.6 Å². The number of carbonyl (C=O) groups is 2. The summed E-state index contributed by atoms with van der Waals surface area (Å²) in [5.74, 6) is 1.50. The lowest BCUT2D eigenvalue weighted by atomic mass is 9.94. The Morgan fingerprint density at radius 3 is 2.58 bits per heavy atom. The predicted octanol–water partition coefficient (Wildman–Crippen LogP) is 4.46. The van der Waals surface area contributed by atoms with Gasteiger partial charge in [-0.15, -0.1) is 0 Å². The van der Waals surface area contributed by atoms with Gasteiger partial charge in [-0.05, 0) is 65.5 Å². The van der Waals surface area contributed by atoms with E-state index in [-0.39, 0.29) is 35.1 Å². The van der Waals surface area contributed by atoms with Crippen LogP contribution >= 0.6 is 0 Å². The predicted molar refractivity (Wildman–Crippen MR) is 140 cm³/mol. The highest BCUT2D eigenvalue weighted by Crippen LogP contribution is 2.51. The third-order valence-electron chi connectivity index (χ3n) is 7.90. The van der Waals surface area contributed by atoms with Crippen molar-refractivity contribution in [2.75, 3.05) is 18.5 Å². The lowest BCUT2D eigenvalue weighted by molar-refractivity contribution is -0.118. The van der Waals surface area contributed by atoms with E-state index in [1.807, 2.05) is 32.9 Å². The van der Waals surface area contributed by atoms with E-state index in [2.05, 4.69) is 44.0 Å². The van der Waals surface area contributed by atoms with E-state index in [0.717, 1.165) is 42.4 Å². The van der Waals surface area contributed by atoms with E-state index >= 15 is 0 Å². The van der Waals surface area contributed by atoms with Crippen molar-refractivity contribution in [3.63, 3.8) is 0 Å². The molecular formula is C29H33N5O4. The summed E-state index contributed by atoms with van der Waals surface area (Å²) >= 11 is 0. The van der Waals surface area contributed by atoms with Crippen molar-refractivity contribution in [2.45, 2.75) is 57.9 Å². The fourth-order valence-electron chi connectivity index (χ4n) is 5.67. The highest BCUT2D eigenvalue weighted by atomic mass is 16.5. The first-order valence-electron chi connectivity index (χ1n) is 13.4. The van der Waals surface area contributed by atoms with Gasteiger partial charge in [0, 0.05) is 17.5 Å². The molecule has 1 saturated carbocycles. The molecule has 0 radical (unpaired) electrons. The van der Waals surface area contributed by atoms with Crippen molar-refractivity contribution in [1.82, 2.24) is 20.4 Å². The van der Waals surface area contributed by atoms with Gasteiger partial charge in [-0.3, -0.25) is 9.59 Å². The molecule has 9 heteroatoms. The molecule has 6 rings (SSSR count). The number of aryl methyl sites for hydroxylation is 1. The van der Waals surface area contributed by atoms with Gasteiger partial charge in [-0.25, -0.2) is 4.98 Å². The molecule has 0 spiro atoms. The maximum absolute atomic E-state index is 12.9. The molecule has 1 aromatic carbocycles. The van der Waals surface area contributed by atoms with Crippen LogP contribution in [0.1, 0.15) is 73.7 Å². The molecule has 3 atom stereocenters. The number of ether oxygens (including phenoxy) is 1. The summed E-state index contributed by atoms with van der Waals surface area (Å²) in [6.45, 7) is 7.29. The number of benzene rings is 1. The molecule has 1 aliphatic heterocycles. The summed E-state index contributed by atoms with van der Waals surface area (Å²) in [6.07, 6.45) is 5.56. The van der Waals surface area contributed by atoms with E-state index in [1.165, 1.54) is 5.56 Å². The maximum atomic E-state index is 12.9. The molecule has 2 fully saturated rings. The minimum Gasteiger partial charge on any atom is -0.381 e. The fourth-order valence-corrected chi connectivity index (χ4v) is 5.67. The van der Waals surface area contributed by atoms with Crippen molar-refractivity contribution in [1.29, 1.82) is 0 Å². The number of nitrogens with one attached hydrogen (secondary N) is 2. The number of rotatable bonds is 5. The zero-order valence-electron chi connectivity index (χ0n) is 22.0. The number of amides is 2. The molecule has 38 heavy (non-hydrogen) atoms. The van der Waals surface area contributed by atoms with Crippen LogP contribution in [0.2, 0.25) is 0 Å². The summed E-state index contributed by atoms with van der Waals surface area (Å²) in [4.78, 5) is 34.3. The molecule has 1 unspecified atom stereocenters. The van der Waals surface area contributed by atoms with E-state index < -0.39 is 0 Å². The first-order chi connectivity index (χ1) is 18.3. The Balaban J connectivity index is 1.18. The van der Waals surface area contributed by atoms with Gasteiger partial charge in [-0.1, -0.05) is 50.5 Å². The molecule has 0 bridgehead atoms. The van der Waals surface area contributed by atoms with E-state index in [1.54, 1.807) is 6.20 Å². The third kappa shape index (κ3) is 4.82. The van der Waals surface area contributed by atoms with Gasteiger partial charge in [0.1, 0.15) is 5.82 Å². The second kappa shape index (κ2) is 9.62. The molecule has 2 amide bonds. The maximum Gasteiger partial charge on any atom is 0.315 e. The van der Waals surface area contributed by atoms with E-state index in [4.69, 9.17) is 9.26 Å². The number of nitrogens with zero attached hydrogens (tertiary/aromatic N) is 3. The zero-order valence-corrected chi connectivity index (χ0v) is 22.0. The molecule has 3 aliphatic rings. The standard InChI is InChI=1S/C29H33N5O4/c1-29(2,3)28-33-27(38-34-28)26(36)31-22-7-5-4-6-18-12-16(8-9-19(18)22)17-10-11-30-23(13-17)32-25(35)24-20-14-37-15-21(20)24/h8-13,20-22,24H,4-7,14-15H2,1-3H3,(H,31,36)(H,30,32,35)/t20-,21-,22?/m1/s1. The highest BCUT2D eigenvalue weighted by Gasteiger charge is 2.58. The average molecular weight is 516 g/mol. The van der Waals surface area contributed by atoms with Gasteiger partial charge in [0.05, 0.1) is 19.3 Å². The number of pyridine rings is 1. The first-order valence-corrected chi connectivity index (χ1v) is 13.4. The van der Waals surface area contributed by atoms with Crippen LogP contribution in [0.4, 0.5) is 5.82 Å². The second-order valence-corrected chi connectivity index (χ2v) is 11.7. The van der Waals surface area contributed by atoms with Gasteiger partial charge in [0.15, 0.2) is 5.82 Å². The number of aromatic nitrogens is 3. The molecular weight excluding hydrogens is 482 g/mol. The molecule has 2 aliphatic carbocycles. The van der Waals surface area contributed by atoms with Crippen LogP contribution in [-0.4, -0.2) is 40.2 Å². The summed E-state index contributed by atoms with van der Waals surface area (Å²) in [5, 5.41) is 10.1. The van der Waals surface area contributed by atoms with Crippen molar-refractivity contribution in [2.24, 2.45) is 17.8 Å². The topological polar surface area (TPSA) is 119 Å². The summed E-state index contributed by atoms with van der Waals surface area (Å²) in [5.41, 5.74) is 4.06. The van der Waals surface area contributed by atoms with Crippen molar-refractivity contribution in [3.8, 4) is 11.1 Å². The zero-order chi connectivity index (χ0) is 26.4. The van der Waals surface area contributed by atoms with Crippen LogP contribution in [0.3, 0.4) is 0 Å². The quantitative estimate of drug-likeness (QED) is 0.482. The average Bonchev–Trinajstić information content (AvgIpc) is 3.19. The van der Waals surface area contributed by atoms with Crippen molar-refractivity contribution < 1.29 is 18.8 Å². The van der Waals surface area contributed by atoms with Crippen LogP contribution < -0.4 is 10.6 Å². The number of carbonyl (C=O) groups excluding carboxylic acids is 2. The summed E-state index contributed by atoms with van der Waals surface area (Å²) in [6, 6.07) is 10.1. The smallest absolute Gasteiger partial charge is 0.315 e. The molecule has 3 aromatic rings. The Bertz CT molecular complexity index is 1370. The third-order valence-corrected chi connectivity index (χ3v) is 7.90. The lowest BCUT2D eigenvalue weighted by Crippen LogP contribution is -2.29. The number of fused-ring (bicyclic) bond motifs is 2. The van der Waals surface area contributed by atoms with Gasteiger partial charge in [-0.2, -0.15) is 4.98 Å². The van der Waals surface area contributed by atoms with Crippen LogP contribution in [0.15, 0.2) is 41.1 Å². The molecule has 2 N–H and O–H groups in total. The SMILES string of the molecule is CC(C)(C)c1noc(C(=O)NC2CCCCc3cc(-c4ccnc(NC(=O)C5[C@@H]6COC[C@@H]56)c4)ccc32)n1. The fraction of sp³-hybridized carbons (Fsp3) is 0.483. The normalized spacial score (nSPS) is 24.2. The molecule has 2 aromatic heterocycles. The van der Waals surface area contributed by atoms with E-state index in [0.29, 0.717) is 36.7 Å². The first kappa shape index (κ1) is 24.7. The van der Waals surface area contributed by atoms with Gasteiger partial charge < -0.3 is 19.9 Å². The van der Waals surface area contributed by atoms with Gasteiger partial charge in [0.25, 0.3) is 0 Å². The molecule has 1 saturated heterocycles. The monoisotopic (exact) mass is 515 g/mol. The minimum absolute atomic E-state index is 0.00828.